The van der Waals surface area contributed by atoms with Gasteiger partial charge in [-0.2, -0.15) is 0 Å². The van der Waals surface area contributed by atoms with Crippen molar-refractivity contribution < 1.29 is 18.0 Å². The van der Waals surface area contributed by atoms with Crippen LogP contribution in [-0.2, 0) is 14.6 Å². The number of carbonyl (C=O) groups is 2. The Kier molecular flexibility index (Phi) is 5.06. The summed E-state index contributed by atoms with van der Waals surface area (Å²) in [5.41, 5.74) is 6.23. The second kappa shape index (κ2) is 6.67. The van der Waals surface area contributed by atoms with Crippen LogP contribution in [0.3, 0.4) is 0 Å². The van der Waals surface area contributed by atoms with E-state index in [4.69, 9.17) is 5.73 Å². The van der Waals surface area contributed by atoms with Crippen molar-refractivity contribution in [3.63, 3.8) is 0 Å². The predicted octanol–water partition coefficient (Wildman–Crippen LogP) is -0.232. The second-order valence-corrected chi connectivity index (χ2v) is 7.68. The van der Waals surface area contributed by atoms with E-state index in [1.807, 2.05) is 6.92 Å². The second-order valence-electron chi connectivity index (χ2n) is 5.66. The van der Waals surface area contributed by atoms with Crippen molar-refractivity contribution in [3.8, 4) is 0 Å². The molecule has 1 aliphatic rings. The third-order valence-electron chi connectivity index (χ3n) is 3.78. The molecule has 2 amide bonds. The summed E-state index contributed by atoms with van der Waals surface area (Å²) in [7, 11) is -3.31. The molecule has 0 aromatic heterocycles. The van der Waals surface area contributed by atoms with E-state index in [0.29, 0.717) is 25.1 Å². The normalized spacial score (nSPS) is 21.3. The minimum atomic E-state index is -3.31. The molecule has 1 heterocycles. The fourth-order valence-electron chi connectivity index (χ4n) is 2.64. The van der Waals surface area contributed by atoms with Gasteiger partial charge in [-0.05, 0) is 37.6 Å². The summed E-state index contributed by atoms with van der Waals surface area (Å²) < 4.78 is 22.9. The van der Waals surface area contributed by atoms with Gasteiger partial charge < -0.3 is 16.0 Å². The molecule has 7 nitrogen and oxygen atoms in total. The number of rotatable bonds is 4. The smallest absolute Gasteiger partial charge is 0.254 e. The van der Waals surface area contributed by atoms with Crippen LogP contribution in [0.5, 0.6) is 0 Å². The third kappa shape index (κ3) is 3.89. The first-order valence-corrected chi connectivity index (χ1v) is 9.27. The molecule has 0 spiro atoms. The van der Waals surface area contributed by atoms with Crippen molar-refractivity contribution in [2.45, 2.75) is 30.3 Å². The van der Waals surface area contributed by atoms with Gasteiger partial charge in [-0.15, -0.1) is 0 Å². The average molecular weight is 339 g/mol. The molecule has 0 radical (unpaired) electrons. The van der Waals surface area contributed by atoms with Crippen LogP contribution in [-0.4, -0.2) is 56.6 Å². The lowest BCUT2D eigenvalue weighted by Gasteiger charge is -2.23. The molecule has 126 valence electrons. The lowest BCUT2D eigenvalue weighted by molar-refractivity contribution is -0.124. The summed E-state index contributed by atoms with van der Waals surface area (Å²) in [5, 5.41) is 2.71. The Balaban J connectivity index is 2.22. The first-order valence-electron chi connectivity index (χ1n) is 7.38. The van der Waals surface area contributed by atoms with Crippen LogP contribution < -0.4 is 11.1 Å². The Hall–Kier alpha value is -1.93. The molecule has 0 aliphatic carbocycles. The highest BCUT2D eigenvalue weighted by Crippen LogP contribution is 2.21. The van der Waals surface area contributed by atoms with Crippen LogP contribution in [0, 0.1) is 0 Å². The summed E-state index contributed by atoms with van der Waals surface area (Å²) in [4.78, 5) is 26.3. The Bertz CT molecular complexity index is 700. The first-order chi connectivity index (χ1) is 10.7. The molecule has 1 aliphatic heterocycles. The van der Waals surface area contributed by atoms with Crippen LogP contribution in [0.25, 0.3) is 0 Å². The van der Waals surface area contributed by atoms with Gasteiger partial charge in [0, 0.05) is 31.0 Å². The minimum Gasteiger partial charge on any atom is -0.355 e. The molecule has 3 N–H and O–H groups in total. The fraction of sp³-hybridized carbons (Fsp3) is 0.467. The first kappa shape index (κ1) is 17.4. The number of carbonyl (C=O) groups excluding carboxylic acids is 2. The van der Waals surface area contributed by atoms with Crippen LogP contribution in [0.1, 0.15) is 23.7 Å². The molecule has 1 aromatic carbocycles. The zero-order valence-corrected chi connectivity index (χ0v) is 14.0. The summed E-state index contributed by atoms with van der Waals surface area (Å²) in [6, 6.07) is 4.85. The summed E-state index contributed by atoms with van der Waals surface area (Å²) in [6.45, 7) is 2.59. The van der Waals surface area contributed by atoms with Gasteiger partial charge in [0.1, 0.15) is 6.04 Å². The van der Waals surface area contributed by atoms with Gasteiger partial charge in [0.2, 0.25) is 5.91 Å². The Morgan fingerprint density at radius 2 is 1.91 bits per heavy atom. The van der Waals surface area contributed by atoms with Crippen LogP contribution in [0.15, 0.2) is 29.2 Å². The molecule has 23 heavy (non-hydrogen) atoms. The lowest BCUT2D eigenvalue weighted by atomic mass is 10.1. The molecule has 2 atom stereocenters. The number of nitrogens with one attached hydrogen (secondary N) is 1. The highest BCUT2D eigenvalue weighted by Gasteiger charge is 2.38. The number of likely N-dealkylation sites (N-methyl/N-ethyl adjacent to an activating group) is 1. The maximum Gasteiger partial charge on any atom is 0.254 e. The highest BCUT2D eigenvalue weighted by molar-refractivity contribution is 7.90. The van der Waals surface area contributed by atoms with Gasteiger partial charge in [0.25, 0.3) is 5.91 Å². The molecule has 0 saturated carbocycles. The molecule has 8 heteroatoms. The van der Waals surface area contributed by atoms with E-state index in [0.717, 1.165) is 6.26 Å². The SMILES string of the molecule is CCNC(=O)[C@@H]1C[C@@H](N)CN1C(=O)c1ccc(S(C)(=O)=O)cc1. The maximum atomic E-state index is 12.6. The number of hydrogen-bond donors (Lipinski definition) is 2. The van der Waals surface area contributed by atoms with Gasteiger partial charge in [-0.1, -0.05) is 0 Å². The van der Waals surface area contributed by atoms with Crippen molar-refractivity contribution in [1.82, 2.24) is 10.2 Å². The van der Waals surface area contributed by atoms with Crippen molar-refractivity contribution in [3.05, 3.63) is 29.8 Å². The number of hydrogen-bond acceptors (Lipinski definition) is 5. The molecular weight excluding hydrogens is 318 g/mol. The van der Waals surface area contributed by atoms with Crippen LogP contribution >= 0.6 is 0 Å². The van der Waals surface area contributed by atoms with Crippen molar-refractivity contribution >= 4 is 21.7 Å². The molecule has 2 rings (SSSR count). The maximum absolute atomic E-state index is 12.6. The zero-order valence-electron chi connectivity index (χ0n) is 13.2. The predicted molar refractivity (Wildman–Crippen MR) is 85.7 cm³/mol. The van der Waals surface area contributed by atoms with Crippen molar-refractivity contribution in [2.75, 3.05) is 19.3 Å². The fourth-order valence-corrected chi connectivity index (χ4v) is 3.27. The Morgan fingerprint density at radius 3 is 2.43 bits per heavy atom. The summed E-state index contributed by atoms with van der Waals surface area (Å²) >= 11 is 0. The van der Waals surface area contributed by atoms with Crippen LogP contribution in [0.2, 0.25) is 0 Å². The molecule has 0 bridgehead atoms. The topological polar surface area (TPSA) is 110 Å². The van der Waals surface area contributed by atoms with E-state index in [1.165, 1.54) is 29.2 Å². The van der Waals surface area contributed by atoms with E-state index >= 15 is 0 Å². The zero-order chi connectivity index (χ0) is 17.2. The molecule has 0 unspecified atom stereocenters. The molecular formula is C15H21N3O4S. The van der Waals surface area contributed by atoms with E-state index in [-0.39, 0.29) is 22.8 Å². The average Bonchev–Trinajstić information content (AvgIpc) is 2.88. The molecule has 1 fully saturated rings. The lowest BCUT2D eigenvalue weighted by Crippen LogP contribution is -2.45. The van der Waals surface area contributed by atoms with Gasteiger partial charge >= 0.3 is 0 Å². The number of likely N-dealkylation sites (tertiary alicyclic amines) is 1. The largest absolute Gasteiger partial charge is 0.355 e. The molecule has 1 aromatic rings. The Labute approximate surface area is 135 Å². The minimum absolute atomic E-state index is 0.146. The van der Waals surface area contributed by atoms with E-state index in [9.17, 15) is 18.0 Å². The van der Waals surface area contributed by atoms with Gasteiger partial charge in [0.15, 0.2) is 9.84 Å². The summed E-state index contributed by atoms with van der Waals surface area (Å²) in [6.07, 6.45) is 1.52. The van der Waals surface area contributed by atoms with Gasteiger partial charge in [-0.3, -0.25) is 9.59 Å². The van der Waals surface area contributed by atoms with Gasteiger partial charge in [0.05, 0.1) is 4.90 Å². The molecule has 1 saturated heterocycles. The monoisotopic (exact) mass is 339 g/mol. The Morgan fingerprint density at radius 1 is 1.30 bits per heavy atom. The van der Waals surface area contributed by atoms with Crippen molar-refractivity contribution in [1.29, 1.82) is 0 Å². The van der Waals surface area contributed by atoms with E-state index in [2.05, 4.69) is 5.32 Å². The van der Waals surface area contributed by atoms with Crippen molar-refractivity contribution in [2.24, 2.45) is 5.73 Å². The van der Waals surface area contributed by atoms with E-state index < -0.39 is 15.9 Å². The quantitative estimate of drug-likeness (QED) is 0.787. The number of benzene rings is 1. The van der Waals surface area contributed by atoms with Crippen LogP contribution in [0.4, 0.5) is 0 Å². The highest BCUT2D eigenvalue weighted by atomic mass is 32.2. The third-order valence-corrected chi connectivity index (χ3v) is 4.91. The number of nitrogens with two attached hydrogens (primary N) is 1. The summed E-state index contributed by atoms with van der Waals surface area (Å²) in [5.74, 6) is -0.546. The standard InChI is InChI=1S/C15H21N3O4S/c1-3-17-14(19)13-8-11(16)9-18(13)15(20)10-4-6-12(7-5-10)23(2,21)22/h4-7,11,13H,3,8-9,16H2,1-2H3,(H,17,19)/t11-,13+/m1/s1. The number of amides is 2. The number of sulfone groups is 1. The van der Waals surface area contributed by atoms with E-state index in [1.54, 1.807) is 0 Å². The number of nitrogens with zero attached hydrogens (tertiary/aromatic N) is 1. The van der Waals surface area contributed by atoms with Gasteiger partial charge in [-0.25, -0.2) is 8.42 Å².